The summed E-state index contributed by atoms with van der Waals surface area (Å²) in [5.74, 6) is 0. The highest BCUT2D eigenvalue weighted by atomic mass is 35.5. The molecule has 0 saturated heterocycles. The highest BCUT2D eigenvalue weighted by molar-refractivity contribution is 6.31. The Kier molecular flexibility index (Phi) is 2.77. The Morgan fingerprint density at radius 3 is 2.00 bits per heavy atom. The summed E-state index contributed by atoms with van der Waals surface area (Å²) in [5.41, 5.74) is 0. The summed E-state index contributed by atoms with van der Waals surface area (Å²) < 4.78 is 33.9. The first-order valence-electron chi connectivity index (χ1n) is 2.03. The molecule has 0 saturated carbocycles. The van der Waals surface area contributed by atoms with Crippen LogP contribution in [0.2, 0.25) is 0 Å². The predicted octanol–water partition coefficient (Wildman–Crippen LogP) is 2.86. The van der Waals surface area contributed by atoms with Crippen LogP contribution < -0.4 is 0 Å². The summed E-state index contributed by atoms with van der Waals surface area (Å²) in [5, 5.41) is -0.400. The fraction of sp³-hybridized carbons (Fsp3) is 0.200. The Bertz CT molecular complexity index is 134. The number of allylic oxidation sites excluding steroid dienone is 3. The lowest BCUT2D eigenvalue weighted by molar-refractivity contribution is -0.0800. The van der Waals surface area contributed by atoms with E-state index in [0.717, 1.165) is 6.08 Å². The van der Waals surface area contributed by atoms with E-state index in [0.29, 0.717) is 0 Å². The summed E-state index contributed by atoms with van der Waals surface area (Å²) in [6.07, 6.45) is -3.44. The average molecular weight is 157 g/mol. The standard InChI is InChI=1S/C5H4ClF3/c1-2-4(6)3-5(7,8)9/h2-3H,1H2/b4-3-. The van der Waals surface area contributed by atoms with Crippen LogP contribution in [0.1, 0.15) is 0 Å². The molecule has 0 unspecified atom stereocenters. The first kappa shape index (κ1) is 8.56. The van der Waals surface area contributed by atoms with Crippen LogP contribution in [-0.2, 0) is 0 Å². The summed E-state index contributed by atoms with van der Waals surface area (Å²) in [6, 6.07) is 0. The largest absolute Gasteiger partial charge is 0.411 e. The smallest absolute Gasteiger partial charge is 0.167 e. The van der Waals surface area contributed by atoms with E-state index in [1.165, 1.54) is 0 Å². The Hall–Kier alpha value is -0.440. The van der Waals surface area contributed by atoms with Crippen molar-refractivity contribution in [3.05, 3.63) is 23.8 Å². The van der Waals surface area contributed by atoms with Crippen molar-refractivity contribution in [3.8, 4) is 0 Å². The summed E-state index contributed by atoms with van der Waals surface area (Å²) in [4.78, 5) is 0. The molecule has 0 nitrogen and oxygen atoms in total. The molecular formula is C5H4ClF3. The van der Waals surface area contributed by atoms with Crippen LogP contribution in [-0.4, -0.2) is 6.18 Å². The molecule has 9 heavy (non-hydrogen) atoms. The third-order valence-electron chi connectivity index (χ3n) is 0.497. The summed E-state index contributed by atoms with van der Waals surface area (Å²) in [7, 11) is 0. The van der Waals surface area contributed by atoms with Crippen molar-refractivity contribution in [2.45, 2.75) is 6.18 Å². The maximum absolute atomic E-state index is 11.3. The van der Waals surface area contributed by atoms with Gasteiger partial charge in [-0.3, -0.25) is 0 Å². The van der Waals surface area contributed by atoms with E-state index in [-0.39, 0.29) is 6.08 Å². The van der Waals surface area contributed by atoms with E-state index >= 15 is 0 Å². The normalized spacial score (nSPS) is 13.6. The van der Waals surface area contributed by atoms with E-state index in [1.807, 2.05) is 0 Å². The minimum atomic E-state index is -4.34. The molecule has 4 heteroatoms. The molecular weight excluding hydrogens is 153 g/mol. The van der Waals surface area contributed by atoms with Gasteiger partial charge in [-0.15, -0.1) is 0 Å². The Labute approximate surface area is 55.6 Å². The topological polar surface area (TPSA) is 0 Å². The molecule has 0 aliphatic heterocycles. The predicted molar refractivity (Wildman–Crippen MR) is 30.2 cm³/mol. The highest BCUT2D eigenvalue weighted by Crippen LogP contribution is 2.20. The zero-order chi connectivity index (χ0) is 7.49. The van der Waals surface area contributed by atoms with Gasteiger partial charge in [0.1, 0.15) is 0 Å². The molecule has 0 radical (unpaired) electrons. The third-order valence-corrected chi connectivity index (χ3v) is 0.760. The lowest BCUT2D eigenvalue weighted by atomic mass is 10.5. The van der Waals surface area contributed by atoms with Gasteiger partial charge in [0.25, 0.3) is 0 Å². The monoisotopic (exact) mass is 156 g/mol. The van der Waals surface area contributed by atoms with E-state index in [1.54, 1.807) is 0 Å². The van der Waals surface area contributed by atoms with E-state index in [9.17, 15) is 13.2 Å². The van der Waals surface area contributed by atoms with Crippen LogP contribution in [0.25, 0.3) is 0 Å². The van der Waals surface area contributed by atoms with Crippen LogP contribution >= 0.6 is 11.6 Å². The number of alkyl halides is 3. The molecule has 0 bridgehead atoms. The van der Waals surface area contributed by atoms with Crippen molar-refractivity contribution < 1.29 is 13.2 Å². The van der Waals surface area contributed by atoms with Gasteiger partial charge in [-0.1, -0.05) is 24.3 Å². The SMILES string of the molecule is C=C/C(Cl)=C/C(F)(F)F. The molecule has 0 aromatic heterocycles. The van der Waals surface area contributed by atoms with Crippen molar-refractivity contribution in [1.82, 2.24) is 0 Å². The van der Waals surface area contributed by atoms with E-state index in [4.69, 9.17) is 11.6 Å². The van der Waals surface area contributed by atoms with Crippen LogP contribution in [0.15, 0.2) is 23.8 Å². The van der Waals surface area contributed by atoms with Crippen molar-refractivity contribution in [2.24, 2.45) is 0 Å². The minimum absolute atomic E-state index is 0.0262. The summed E-state index contributed by atoms with van der Waals surface area (Å²) in [6.45, 7) is 3.04. The molecule has 0 aromatic rings. The second kappa shape index (κ2) is 2.92. The molecule has 0 aliphatic carbocycles. The van der Waals surface area contributed by atoms with Crippen LogP contribution in [0.4, 0.5) is 13.2 Å². The Morgan fingerprint density at radius 1 is 1.44 bits per heavy atom. The molecule has 0 amide bonds. The van der Waals surface area contributed by atoms with Gasteiger partial charge >= 0.3 is 6.18 Å². The van der Waals surface area contributed by atoms with Gasteiger partial charge in [-0.2, -0.15) is 13.2 Å². The van der Waals surface area contributed by atoms with Crippen LogP contribution in [0, 0.1) is 0 Å². The van der Waals surface area contributed by atoms with Crippen molar-refractivity contribution in [3.63, 3.8) is 0 Å². The molecule has 0 heterocycles. The van der Waals surface area contributed by atoms with Crippen LogP contribution in [0.5, 0.6) is 0 Å². The maximum atomic E-state index is 11.3. The maximum Gasteiger partial charge on any atom is 0.411 e. The molecule has 0 aromatic carbocycles. The third kappa shape index (κ3) is 5.43. The molecule has 52 valence electrons. The number of hydrogen-bond donors (Lipinski definition) is 0. The van der Waals surface area contributed by atoms with Gasteiger partial charge in [0.2, 0.25) is 0 Å². The van der Waals surface area contributed by atoms with Crippen molar-refractivity contribution in [2.75, 3.05) is 0 Å². The number of halogens is 4. The quantitative estimate of drug-likeness (QED) is 0.512. The van der Waals surface area contributed by atoms with Crippen molar-refractivity contribution >= 4 is 11.6 Å². The molecule has 0 spiro atoms. The second-order valence-corrected chi connectivity index (χ2v) is 1.71. The average Bonchev–Trinajstić information content (AvgIpc) is 1.62. The molecule has 0 rings (SSSR count). The van der Waals surface area contributed by atoms with Gasteiger partial charge in [-0.05, 0) is 0 Å². The number of rotatable bonds is 1. The zero-order valence-electron chi connectivity index (χ0n) is 4.37. The van der Waals surface area contributed by atoms with Crippen LogP contribution in [0.3, 0.4) is 0 Å². The Morgan fingerprint density at radius 2 is 1.89 bits per heavy atom. The number of hydrogen-bond acceptors (Lipinski definition) is 0. The van der Waals surface area contributed by atoms with Gasteiger partial charge < -0.3 is 0 Å². The lowest BCUT2D eigenvalue weighted by Crippen LogP contribution is -2.01. The van der Waals surface area contributed by atoms with Gasteiger partial charge in [0, 0.05) is 11.1 Å². The molecule has 0 atom stereocenters. The molecule has 0 aliphatic rings. The van der Waals surface area contributed by atoms with Gasteiger partial charge in [0.05, 0.1) is 0 Å². The lowest BCUT2D eigenvalue weighted by Gasteiger charge is -1.96. The van der Waals surface area contributed by atoms with E-state index in [2.05, 4.69) is 6.58 Å². The Balaban J connectivity index is 4.11. The van der Waals surface area contributed by atoms with Gasteiger partial charge in [0.15, 0.2) is 0 Å². The second-order valence-electron chi connectivity index (χ2n) is 1.27. The zero-order valence-corrected chi connectivity index (χ0v) is 5.13. The fourth-order valence-electron chi connectivity index (χ4n) is 0.215. The highest BCUT2D eigenvalue weighted by Gasteiger charge is 2.23. The fourth-order valence-corrected chi connectivity index (χ4v) is 0.339. The summed E-state index contributed by atoms with van der Waals surface area (Å²) >= 11 is 4.97. The first-order chi connectivity index (χ1) is 3.95. The first-order valence-corrected chi connectivity index (χ1v) is 2.41. The van der Waals surface area contributed by atoms with Crippen molar-refractivity contribution in [1.29, 1.82) is 0 Å². The molecule has 0 N–H and O–H groups in total. The van der Waals surface area contributed by atoms with E-state index < -0.39 is 11.2 Å². The minimum Gasteiger partial charge on any atom is -0.167 e. The molecule has 0 fully saturated rings. The van der Waals surface area contributed by atoms with Gasteiger partial charge in [-0.25, -0.2) is 0 Å².